The van der Waals surface area contributed by atoms with Crippen molar-refractivity contribution in [2.24, 2.45) is 0 Å². The third-order valence-corrected chi connectivity index (χ3v) is 3.06. The van der Waals surface area contributed by atoms with E-state index in [0.29, 0.717) is 6.54 Å². The molecule has 0 saturated carbocycles. The number of urea groups is 1. The molecule has 0 aliphatic rings. The normalized spacial score (nSPS) is 12.4. The molecule has 0 heterocycles. The van der Waals surface area contributed by atoms with E-state index in [2.05, 4.69) is 16.0 Å². The highest BCUT2D eigenvalue weighted by Crippen LogP contribution is 2.15. The van der Waals surface area contributed by atoms with Gasteiger partial charge in [-0.15, -0.1) is 0 Å². The first kappa shape index (κ1) is 17.2. The molecule has 0 bridgehead atoms. The largest absolute Gasteiger partial charge is 0.480 e. The Hall–Kier alpha value is -1.79. The maximum atomic E-state index is 11.7. The molecular weight excluding hydrogens is 250 g/mol. The lowest BCUT2D eigenvalue weighted by Gasteiger charge is -2.28. The molecule has 0 aromatic heterocycles. The molecule has 0 aliphatic heterocycles. The van der Waals surface area contributed by atoms with Crippen LogP contribution in [0.4, 0.5) is 4.79 Å². The summed E-state index contributed by atoms with van der Waals surface area (Å²) < 4.78 is 0. The molecule has 1 unspecified atom stereocenters. The van der Waals surface area contributed by atoms with E-state index >= 15 is 0 Å². The number of carboxylic acids is 1. The van der Waals surface area contributed by atoms with Gasteiger partial charge in [0, 0.05) is 6.54 Å². The molecule has 0 aliphatic carbocycles. The van der Waals surface area contributed by atoms with E-state index in [4.69, 9.17) is 0 Å². The van der Waals surface area contributed by atoms with Crippen LogP contribution in [0.25, 0.3) is 0 Å². The van der Waals surface area contributed by atoms with E-state index in [1.54, 1.807) is 20.8 Å². The highest BCUT2D eigenvalue weighted by Gasteiger charge is 2.36. The zero-order valence-electron chi connectivity index (χ0n) is 11.9. The van der Waals surface area contributed by atoms with Crippen LogP contribution >= 0.6 is 0 Å². The predicted octanol–water partition coefficient (Wildman–Crippen LogP) is 0.454. The molecule has 0 radical (unpaired) electrons. The van der Waals surface area contributed by atoms with Gasteiger partial charge in [-0.2, -0.15) is 0 Å². The molecular formula is C12H23N3O4. The van der Waals surface area contributed by atoms with Crippen LogP contribution in [0.5, 0.6) is 0 Å². The van der Waals surface area contributed by atoms with Crippen molar-refractivity contribution in [1.29, 1.82) is 0 Å². The van der Waals surface area contributed by atoms with E-state index in [1.807, 2.05) is 0 Å². The van der Waals surface area contributed by atoms with Crippen molar-refractivity contribution in [3.8, 4) is 0 Å². The van der Waals surface area contributed by atoms with Gasteiger partial charge in [-0.3, -0.25) is 4.79 Å². The van der Waals surface area contributed by atoms with Crippen LogP contribution in [0, 0.1) is 0 Å². The number of likely N-dealkylation sites (N-methyl/N-ethyl adjacent to an activating group) is 1. The van der Waals surface area contributed by atoms with Gasteiger partial charge < -0.3 is 21.1 Å². The average Bonchev–Trinajstić information content (AvgIpc) is 2.35. The number of rotatable bonds is 7. The Labute approximate surface area is 113 Å². The summed E-state index contributed by atoms with van der Waals surface area (Å²) >= 11 is 0. The van der Waals surface area contributed by atoms with Crippen LogP contribution in [0.2, 0.25) is 0 Å². The van der Waals surface area contributed by atoms with E-state index in [0.717, 1.165) is 0 Å². The highest BCUT2D eigenvalue weighted by molar-refractivity contribution is 5.89. The number of amides is 3. The molecule has 19 heavy (non-hydrogen) atoms. The van der Waals surface area contributed by atoms with Gasteiger partial charge in [0.15, 0.2) is 0 Å². The molecule has 0 aromatic carbocycles. The molecule has 0 saturated heterocycles. The van der Waals surface area contributed by atoms with E-state index < -0.39 is 23.6 Å². The summed E-state index contributed by atoms with van der Waals surface area (Å²) in [5.41, 5.74) is -1.30. The Morgan fingerprint density at radius 1 is 1.16 bits per heavy atom. The number of nitrogens with one attached hydrogen (secondary N) is 3. The van der Waals surface area contributed by atoms with Gasteiger partial charge in [0.25, 0.3) is 0 Å². The van der Waals surface area contributed by atoms with Gasteiger partial charge >= 0.3 is 12.0 Å². The summed E-state index contributed by atoms with van der Waals surface area (Å²) in [4.78, 5) is 34.4. The number of carboxylic acid groups (broad SMARTS) is 1. The molecule has 0 spiro atoms. The molecule has 3 amide bonds. The lowest BCUT2D eigenvalue weighted by atomic mass is 9.93. The van der Waals surface area contributed by atoms with E-state index in [9.17, 15) is 19.5 Å². The Bertz CT molecular complexity index is 340. The van der Waals surface area contributed by atoms with Crippen LogP contribution in [-0.4, -0.2) is 41.1 Å². The zero-order chi connectivity index (χ0) is 15.1. The fraction of sp³-hybridized carbons (Fsp3) is 0.750. The summed E-state index contributed by atoms with van der Waals surface area (Å²) in [5, 5.41) is 16.6. The first-order chi connectivity index (χ1) is 8.82. The Morgan fingerprint density at radius 2 is 1.68 bits per heavy atom. The Kier molecular flexibility index (Phi) is 6.89. The monoisotopic (exact) mass is 273 g/mol. The van der Waals surface area contributed by atoms with E-state index in [1.165, 1.54) is 6.92 Å². The van der Waals surface area contributed by atoms with Gasteiger partial charge in [0.05, 0.1) is 0 Å². The Balaban J connectivity index is 4.59. The van der Waals surface area contributed by atoms with Crippen molar-refractivity contribution in [2.75, 3.05) is 6.54 Å². The van der Waals surface area contributed by atoms with Gasteiger partial charge in [-0.25, -0.2) is 9.59 Å². The quantitative estimate of drug-likeness (QED) is 0.540. The van der Waals surface area contributed by atoms with Crippen molar-refractivity contribution < 1.29 is 19.5 Å². The number of hydrogen-bond donors (Lipinski definition) is 4. The summed E-state index contributed by atoms with van der Waals surface area (Å²) in [6.45, 7) is 7.14. The summed E-state index contributed by atoms with van der Waals surface area (Å²) in [6, 6.07) is -1.38. The van der Waals surface area contributed by atoms with Crippen molar-refractivity contribution in [3.63, 3.8) is 0 Å². The van der Waals surface area contributed by atoms with Crippen LogP contribution in [0.1, 0.15) is 40.5 Å². The van der Waals surface area contributed by atoms with Crippen molar-refractivity contribution in [1.82, 2.24) is 16.0 Å². The lowest BCUT2D eigenvalue weighted by Crippen LogP contribution is -2.59. The van der Waals surface area contributed by atoms with Gasteiger partial charge in [-0.1, -0.05) is 13.8 Å². The molecule has 110 valence electrons. The number of carbonyl (C=O) groups excluding carboxylic acids is 2. The summed E-state index contributed by atoms with van der Waals surface area (Å²) in [7, 11) is 0. The van der Waals surface area contributed by atoms with Gasteiger partial charge in [0.2, 0.25) is 5.91 Å². The fourth-order valence-corrected chi connectivity index (χ4v) is 1.63. The van der Waals surface area contributed by atoms with Crippen LogP contribution < -0.4 is 16.0 Å². The Morgan fingerprint density at radius 3 is 2.05 bits per heavy atom. The summed E-state index contributed by atoms with van der Waals surface area (Å²) in [6.07, 6.45) is 0.531. The smallest absolute Gasteiger partial charge is 0.329 e. The van der Waals surface area contributed by atoms with E-state index in [-0.39, 0.29) is 18.7 Å². The summed E-state index contributed by atoms with van der Waals surface area (Å²) in [5.74, 6) is -1.40. The molecule has 0 fully saturated rings. The minimum Gasteiger partial charge on any atom is -0.480 e. The highest BCUT2D eigenvalue weighted by atomic mass is 16.4. The van der Waals surface area contributed by atoms with Crippen molar-refractivity contribution in [2.45, 2.75) is 52.1 Å². The minimum absolute atomic E-state index is 0.266. The second-order valence-electron chi connectivity index (χ2n) is 4.31. The standard InChI is InChI=1S/C12H23N3O4/c1-5-12(6-2,10(17)18)15-11(19)14-8(4)9(16)13-7-3/h8H,5-7H2,1-4H3,(H,13,16)(H,17,18)(H2,14,15,19). The second-order valence-corrected chi connectivity index (χ2v) is 4.31. The molecule has 7 heteroatoms. The van der Waals surface area contributed by atoms with Gasteiger partial charge in [0.1, 0.15) is 11.6 Å². The average molecular weight is 273 g/mol. The van der Waals surface area contributed by atoms with Gasteiger partial charge in [-0.05, 0) is 26.7 Å². The minimum atomic E-state index is -1.30. The van der Waals surface area contributed by atoms with Crippen molar-refractivity contribution in [3.05, 3.63) is 0 Å². The third-order valence-electron chi connectivity index (χ3n) is 3.06. The second kappa shape index (κ2) is 7.60. The van der Waals surface area contributed by atoms with Crippen LogP contribution in [-0.2, 0) is 9.59 Å². The lowest BCUT2D eigenvalue weighted by molar-refractivity contribution is -0.144. The molecule has 0 aromatic rings. The third kappa shape index (κ3) is 4.76. The first-order valence-electron chi connectivity index (χ1n) is 6.42. The number of carbonyl (C=O) groups is 3. The molecule has 4 N–H and O–H groups in total. The van der Waals surface area contributed by atoms with Crippen LogP contribution in [0.3, 0.4) is 0 Å². The number of aliphatic carboxylic acids is 1. The SMILES string of the molecule is CCNC(=O)C(C)NC(=O)NC(CC)(CC)C(=O)O. The molecule has 7 nitrogen and oxygen atoms in total. The molecule has 0 rings (SSSR count). The topological polar surface area (TPSA) is 108 Å². The first-order valence-corrected chi connectivity index (χ1v) is 6.42. The maximum Gasteiger partial charge on any atom is 0.329 e. The number of hydrogen-bond acceptors (Lipinski definition) is 3. The zero-order valence-corrected chi connectivity index (χ0v) is 11.9. The maximum absolute atomic E-state index is 11.7. The molecule has 1 atom stereocenters. The fourth-order valence-electron chi connectivity index (χ4n) is 1.63. The van der Waals surface area contributed by atoms with Crippen molar-refractivity contribution >= 4 is 17.9 Å². The van der Waals surface area contributed by atoms with Crippen LogP contribution in [0.15, 0.2) is 0 Å². The predicted molar refractivity (Wildman–Crippen MR) is 70.8 cm³/mol.